The summed E-state index contributed by atoms with van der Waals surface area (Å²) in [6.07, 6.45) is 2.73. The van der Waals surface area contributed by atoms with Crippen LogP contribution in [-0.4, -0.2) is 17.9 Å². The van der Waals surface area contributed by atoms with Gasteiger partial charge in [0.25, 0.3) is 5.78 Å². The SMILES string of the molecule is C=CC(=O)C(=O)OC1CC1. The van der Waals surface area contributed by atoms with Crippen LogP contribution in [0.1, 0.15) is 12.8 Å². The maximum atomic E-state index is 10.6. The van der Waals surface area contributed by atoms with Crippen molar-refractivity contribution >= 4 is 11.8 Å². The molecule has 54 valence electrons. The van der Waals surface area contributed by atoms with Gasteiger partial charge in [-0.25, -0.2) is 4.79 Å². The minimum absolute atomic E-state index is 0.00333. The molecule has 0 unspecified atom stereocenters. The lowest BCUT2D eigenvalue weighted by atomic mass is 10.4. The number of carbonyl (C=O) groups excluding carboxylic acids is 2. The summed E-state index contributed by atoms with van der Waals surface area (Å²) in [5.41, 5.74) is 0. The van der Waals surface area contributed by atoms with Gasteiger partial charge in [0.2, 0.25) is 0 Å². The molecule has 0 aromatic rings. The second kappa shape index (κ2) is 2.64. The molecule has 0 bridgehead atoms. The Morgan fingerprint density at radius 3 is 2.50 bits per heavy atom. The third-order valence-electron chi connectivity index (χ3n) is 1.18. The maximum Gasteiger partial charge on any atom is 0.379 e. The van der Waals surface area contributed by atoms with Crippen LogP contribution in [0.2, 0.25) is 0 Å². The van der Waals surface area contributed by atoms with E-state index in [1.165, 1.54) is 0 Å². The molecule has 0 aromatic heterocycles. The van der Waals surface area contributed by atoms with Gasteiger partial charge in [-0.1, -0.05) is 6.58 Å². The number of esters is 1. The second-order valence-electron chi connectivity index (χ2n) is 2.17. The Balaban J connectivity index is 2.32. The van der Waals surface area contributed by atoms with E-state index >= 15 is 0 Å². The molecule has 0 amide bonds. The highest BCUT2D eigenvalue weighted by atomic mass is 16.6. The van der Waals surface area contributed by atoms with Gasteiger partial charge in [-0.3, -0.25) is 4.79 Å². The normalized spacial score (nSPS) is 16.0. The van der Waals surface area contributed by atoms with Gasteiger partial charge >= 0.3 is 5.97 Å². The van der Waals surface area contributed by atoms with E-state index in [0.29, 0.717) is 0 Å². The van der Waals surface area contributed by atoms with E-state index in [9.17, 15) is 9.59 Å². The lowest BCUT2D eigenvalue weighted by molar-refractivity contribution is -0.152. The highest BCUT2D eigenvalue weighted by molar-refractivity contribution is 6.38. The van der Waals surface area contributed by atoms with Gasteiger partial charge in [-0.15, -0.1) is 0 Å². The van der Waals surface area contributed by atoms with Gasteiger partial charge in [0.15, 0.2) is 0 Å². The van der Waals surface area contributed by atoms with E-state index in [2.05, 4.69) is 11.3 Å². The smallest absolute Gasteiger partial charge is 0.379 e. The van der Waals surface area contributed by atoms with Crippen molar-refractivity contribution in [3.63, 3.8) is 0 Å². The number of carbonyl (C=O) groups is 2. The molecule has 0 heterocycles. The molecule has 0 aromatic carbocycles. The first-order chi connectivity index (χ1) is 4.74. The van der Waals surface area contributed by atoms with Crippen molar-refractivity contribution in [2.75, 3.05) is 0 Å². The van der Waals surface area contributed by atoms with E-state index in [1.54, 1.807) is 0 Å². The van der Waals surface area contributed by atoms with Gasteiger partial charge in [-0.05, 0) is 18.9 Å². The third-order valence-corrected chi connectivity index (χ3v) is 1.18. The first-order valence-electron chi connectivity index (χ1n) is 3.11. The second-order valence-corrected chi connectivity index (χ2v) is 2.17. The van der Waals surface area contributed by atoms with E-state index in [4.69, 9.17) is 0 Å². The predicted octanol–water partition coefficient (Wildman–Crippen LogP) is 0.447. The molecule has 3 heteroatoms. The zero-order chi connectivity index (χ0) is 7.56. The van der Waals surface area contributed by atoms with Crippen LogP contribution in [0.5, 0.6) is 0 Å². The fourth-order valence-electron chi connectivity index (χ4n) is 0.479. The van der Waals surface area contributed by atoms with Crippen LogP contribution in [0.15, 0.2) is 12.7 Å². The number of ketones is 1. The van der Waals surface area contributed by atoms with Crippen molar-refractivity contribution in [1.82, 2.24) is 0 Å². The van der Waals surface area contributed by atoms with E-state index in [-0.39, 0.29) is 6.10 Å². The van der Waals surface area contributed by atoms with Gasteiger partial charge in [0, 0.05) is 0 Å². The fourth-order valence-corrected chi connectivity index (χ4v) is 0.479. The molecular formula is C7H8O3. The lowest BCUT2D eigenvalue weighted by Crippen LogP contribution is -2.15. The van der Waals surface area contributed by atoms with Crippen LogP contribution < -0.4 is 0 Å². The molecule has 0 saturated heterocycles. The van der Waals surface area contributed by atoms with Crippen molar-refractivity contribution in [3.05, 3.63) is 12.7 Å². The monoisotopic (exact) mass is 140 g/mol. The van der Waals surface area contributed by atoms with Gasteiger partial charge < -0.3 is 4.74 Å². The van der Waals surface area contributed by atoms with Gasteiger partial charge in [0.1, 0.15) is 6.10 Å². The Labute approximate surface area is 58.7 Å². The average molecular weight is 140 g/mol. The van der Waals surface area contributed by atoms with Gasteiger partial charge in [0.05, 0.1) is 0 Å². The first-order valence-corrected chi connectivity index (χ1v) is 3.11. The zero-order valence-electron chi connectivity index (χ0n) is 5.50. The summed E-state index contributed by atoms with van der Waals surface area (Å²) in [5, 5.41) is 0. The van der Waals surface area contributed by atoms with Crippen molar-refractivity contribution in [1.29, 1.82) is 0 Å². The Kier molecular flexibility index (Phi) is 1.85. The molecule has 0 atom stereocenters. The number of hydrogen-bond acceptors (Lipinski definition) is 3. The largest absolute Gasteiger partial charge is 0.456 e. The molecule has 3 nitrogen and oxygen atoms in total. The summed E-state index contributed by atoms with van der Waals surface area (Å²) in [4.78, 5) is 21.1. The minimum Gasteiger partial charge on any atom is -0.456 e. The molecule has 1 rings (SSSR count). The van der Waals surface area contributed by atoms with Crippen LogP contribution >= 0.6 is 0 Å². The van der Waals surface area contributed by atoms with Crippen LogP contribution in [-0.2, 0) is 14.3 Å². The van der Waals surface area contributed by atoms with Gasteiger partial charge in [-0.2, -0.15) is 0 Å². The number of rotatable bonds is 3. The summed E-state index contributed by atoms with van der Waals surface area (Å²) >= 11 is 0. The van der Waals surface area contributed by atoms with Crippen molar-refractivity contribution < 1.29 is 14.3 Å². The number of ether oxygens (including phenoxy) is 1. The average Bonchev–Trinajstić information content (AvgIpc) is 2.70. The highest BCUT2D eigenvalue weighted by Crippen LogP contribution is 2.23. The molecule has 1 saturated carbocycles. The minimum atomic E-state index is -0.780. The summed E-state index contributed by atoms with van der Waals surface area (Å²) < 4.78 is 4.65. The maximum absolute atomic E-state index is 10.6. The predicted molar refractivity (Wildman–Crippen MR) is 34.3 cm³/mol. The van der Waals surface area contributed by atoms with Crippen molar-refractivity contribution in [3.8, 4) is 0 Å². The molecule has 1 aliphatic rings. The van der Waals surface area contributed by atoms with Crippen LogP contribution in [0.4, 0.5) is 0 Å². The lowest BCUT2D eigenvalue weighted by Gasteiger charge is -1.96. The Hall–Kier alpha value is -1.12. The molecule has 10 heavy (non-hydrogen) atoms. The third kappa shape index (κ3) is 1.69. The highest BCUT2D eigenvalue weighted by Gasteiger charge is 2.27. The zero-order valence-corrected chi connectivity index (χ0v) is 5.50. The van der Waals surface area contributed by atoms with Crippen molar-refractivity contribution in [2.45, 2.75) is 18.9 Å². The molecule has 0 aliphatic heterocycles. The van der Waals surface area contributed by atoms with Crippen LogP contribution in [0.25, 0.3) is 0 Å². The Morgan fingerprint density at radius 2 is 2.10 bits per heavy atom. The molecule has 0 radical (unpaired) electrons. The topological polar surface area (TPSA) is 43.4 Å². The van der Waals surface area contributed by atoms with Crippen LogP contribution in [0.3, 0.4) is 0 Å². The molecule has 1 aliphatic carbocycles. The molecule has 0 N–H and O–H groups in total. The first kappa shape index (κ1) is 6.99. The summed E-state index contributed by atoms with van der Waals surface area (Å²) in [7, 11) is 0. The Morgan fingerprint density at radius 1 is 1.50 bits per heavy atom. The Bertz CT molecular complexity index is 179. The van der Waals surface area contributed by atoms with E-state index in [0.717, 1.165) is 18.9 Å². The summed E-state index contributed by atoms with van der Waals surface area (Å²) in [6.45, 7) is 3.16. The van der Waals surface area contributed by atoms with E-state index < -0.39 is 11.8 Å². The van der Waals surface area contributed by atoms with Crippen LogP contribution in [0, 0.1) is 0 Å². The standard InChI is InChI=1S/C7H8O3/c1-2-6(8)7(9)10-5-3-4-5/h2,5H,1,3-4H2. The molecule has 1 fully saturated rings. The van der Waals surface area contributed by atoms with Crippen molar-refractivity contribution in [2.24, 2.45) is 0 Å². The van der Waals surface area contributed by atoms with E-state index in [1.807, 2.05) is 0 Å². The summed E-state index contributed by atoms with van der Waals surface area (Å²) in [5.74, 6) is -1.44. The quantitative estimate of drug-likeness (QED) is 0.324. The summed E-state index contributed by atoms with van der Waals surface area (Å²) in [6, 6.07) is 0. The fraction of sp³-hybridized carbons (Fsp3) is 0.429. The number of hydrogen-bond donors (Lipinski definition) is 0. The molecular weight excluding hydrogens is 132 g/mol. The molecule has 0 spiro atoms.